The molecule has 0 saturated heterocycles. The Bertz CT molecular complexity index is 2190. The summed E-state index contributed by atoms with van der Waals surface area (Å²) in [5.41, 5.74) is 9.80. The van der Waals surface area contributed by atoms with Crippen LogP contribution in [0.4, 0.5) is 17.1 Å². The highest BCUT2D eigenvalue weighted by molar-refractivity contribution is 6.06. The van der Waals surface area contributed by atoms with Gasteiger partial charge in [0.1, 0.15) is 11.2 Å². The molecule has 0 fully saturated rings. The maximum atomic E-state index is 6.31. The molecule has 0 aliphatic rings. The van der Waals surface area contributed by atoms with Crippen LogP contribution in [0.25, 0.3) is 55.0 Å². The van der Waals surface area contributed by atoms with Crippen molar-refractivity contribution in [2.75, 3.05) is 4.90 Å². The molecule has 42 heavy (non-hydrogen) atoms. The van der Waals surface area contributed by atoms with Crippen molar-refractivity contribution in [3.63, 3.8) is 0 Å². The lowest BCUT2D eigenvalue weighted by molar-refractivity contribution is 0.669. The van der Waals surface area contributed by atoms with Crippen molar-refractivity contribution in [2.24, 2.45) is 0 Å². The van der Waals surface area contributed by atoms with Crippen LogP contribution < -0.4 is 4.90 Å². The molecule has 8 aromatic rings. The fraction of sp³-hybridized carbons (Fsp3) is 0. The first-order valence-corrected chi connectivity index (χ1v) is 14.3. The fourth-order valence-corrected chi connectivity index (χ4v) is 6.02. The predicted molar refractivity (Wildman–Crippen MR) is 177 cm³/mol. The van der Waals surface area contributed by atoms with Gasteiger partial charge in [-0.1, -0.05) is 115 Å². The van der Waals surface area contributed by atoms with E-state index < -0.39 is 0 Å². The first kappa shape index (κ1) is 24.2. The molecule has 0 unspecified atom stereocenters. The zero-order valence-electron chi connectivity index (χ0n) is 22.9. The number of para-hydroxylation sites is 1. The van der Waals surface area contributed by atoms with Crippen LogP contribution in [-0.2, 0) is 0 Å². The van der Waals surface area contributed by atoms with Gasteiger partial charge < -0.3 is 9.32 Å². The van der Waals surface area contributed by atoms with Crippen molar-refractivity contribution >= 4 is 49.8 Å². The van der Waals surface area contributed by atoms with Gasteiger partial charge in [-0.3, -0.25) is 0 Å². The molecule has 198 valence electrons. The smallest absolute Gasteiger partial charge is 0.137 e. The molecule has 1 heterocycles. The minimum atomic E-state index is 0.879. The van der Waals surface area contributed by atoms with Crippen molar-refractivity contribution in [1.29, 1.82) is 0 Å². The van der Waals surface area contributed by atoms with Crippen LogP contribution in [0.2, 0.25) is 0 Å². The Hall–Kier alpha value is -5.60. The van der Waals surface area contributed by atoms with E-state index in [1.54, 1.807) is 0 Å². The highest BCUT2D eigenvalue weighted by atomic mass is 16.3. The van der Waals surface area contributed by atoms with E-state index in [1.165, 1.54) is 33.0 Å². The van der Waals surface area contributed by atoms with Gasteiger partial charge in [0.25, 0.3) is 0 Å². The van der Waals surface area contributed by atoms with E-state index in [0.29, 0.717) is 0 Å². The molecular weight excluding hydrogens is 510 g/mol. The summed E-state index contributed by atoms with van der Waals surface area (Å²) in [5, 5.41) is 4.75. The van der Waals surface area contributed by atoms with E-state index in [4.69, 9.17) is 4.42 Å². The third-order valence-electron chi connectivity index (χ3n) is 8.06. The van der Waals surface area contributed by atoms with Crippen molar-refractivity contribution in [3.8, 4) is 22.3 Å². The summed E-state index contributed by atoms with van der Waals surface area (Å²) in [6.45, 7) is 0. The van der Waals surface area contributed by atoms with Crippen molar-refractivity contribution in [3.05, 3.63) is 164 Å². The second kappa shape index (κ2) is 10.1. The summed E-state index contributed by atoms with van der Waals surface area (Å²) in [7, 11) is 0. The molecule has 0 radical (unpaired) electrons. The minimum absolute atomic E-state index is 0.879. The Morgan fingerprint density at radius 1 is 0.357 bits per heavy atom. The van der Waals surface area contributed by atoms with Crippen LogP contribution in [0.15, 0.2) is 168 Å². The molecule has 7 aromatic carbocycles. The zero-order chi connectivity index (χ0) is 27.9. The van der Waals surface area contributed by atoms with Gasteiger partial charge in [-0.15, -0.1) is 0 Å². The predicted octanol–water partition coefficient (Wildman–Crippen LogP) is 11.5. The van der Waals surface area contributed by atoms with Gasteiger partial charge >= 0.3 is 0 Å². The Labute approximate surface area is 244 Å². The number of fused-ring (bicyclic) bond motifs is 4. The summed E-state index contributed by atoms with van der Waals surface area (Å²) in [5.74, 6) is 0. The van der Waals surface area contributed by atoms with E-state index in [0.717, 1.165) is 39.0 Å². The lowest BCUT2D eigenvalue weighted by Gasteiger charge is -2.26. The van der Waals surface area contributed by atoms with Gasteiger partial charge in [0.2, 0.25) is 0 Å². The van der Waals surface area contributed by atoms with E-state index in [9.17, 15) is 0 Å². The highest BCUT2D eigenvalue weighted by Gasteiger charge is 2.17. The second-order valence-electron chi connectivity index (χ2n) is 10.6. The summed E-state index contributed by atoms with van der Waals surface area (Å²) >= 11 is 0. The standard InChI is InChI=1S/C40H27NO/c1-2-10-28(11-3-1)29-20-22-32(23-21-29)41(34-24-25-38-37-17-6-7-19-39(37)42-40(38)27-34)33-15-8-14-31(26-33)36-18-9-13-30-12-4-5-16-35(30)36/h1-27H. The lowest BCUT2D eigenvalue weighted by Crippen LogP contribution is -2.10. The maximum Gasteiger partial charge on any atom is 0.137 e. The molecule has 0 saturated carbocycles. The number of benzene rings is 7. The first-order chi connectivity index (χ1) is 20.8. The van der Waals surface area contributed by atoms with Crippen LogP contribution in [0.1, 0.15) is 0 Å². The van der Waals surface area contributed by atoms with E-state index in [1.807, 2.05) is 12.1 Å². The van der Waals surface area contributed by atoms with Gasteiger partial charge in [0, 0.05) is 33.9 Å². The number of anilines is 3. The molecule has 0 aliphatic carbocycles. The number of nitrogens with zero attached hydrogens (tertiary/aromatic N) is 1. The van der Waals surface area contributed by atoms with Gasteiger partial charge in [-0.05, 0) is 75.5 Å². The third-order valence-corrected chi connectivity index (χ3v) is 8.06. The Balaban J connectivity index is 1.29. The molecule has 1 aromatic heterocycles. The third kappa shape index (κ3) is 4.22. The molecule has 0 N–H and O–H groups in total. The SMILES string of the molecule is c1ccc(-c2ccc(N(c3cccc(-c4cccc5ccccc45)c3)c3ccc4c(c3)oc3ccccc34)cc2)cc1. The van der Waals surface area contributed by atoms with Crippen LogP contribution in [0.5, 0.6) is 0 Å². The number of hydrogen-bond donors (Lipinski definition) is 0. The normalized spacial score (nSPS) is 11.3. The van der Waals surface area contributed by atoms with E-state index in [2.05, 4.69) is 157 Å². The van der Waals surface area contributed by atoms with Crippen LogP contribution in [0.3, 0.4) is 0 Å². The van der Waals surface area contributed by atoms with Crippen LogP contribution in [0, 0.1) is 0 Å². The number of furan rings is 1. The molecule has 2 heteroatoms. The Morgan fingerprint density at radius 3 is 1.86 bits per heavy atom. The Morgan fingerprint density at radius 2 is 0.976 bits per heavy atom. The molecule has 0 amide bonds. The molecule has 0 bridgehead atoms. The van der Waals surface area contributed by atoms with E-state index in [-0.39, 0.29) is 0 Å². The molecule has 8 rings (SSSR count). The van der Waals surface area contributed by atoms with Gasteiger partial charge in [0.15, 0.2) is 0 Å². The molecule has 0 aliphatic heterocycles. The lowest BCUT2D eigenvalue weighted by atomic mass is 9.97. The molecule has 0 spiro atoms. The van der Waals surface area contributed by atoms with Crippen molar-refractivity contribution < 1.29 is 4.42 Å². The minimum Gasteiger partial charge on any atom is -0.456 e. The summed E-state index contributed by atoms with van der Waals surface area (Å²) < 4.78 is 6.31. The molecule has 0 atom stereocenters. The average Bonchev–Trinajstić information content (AvgIpc) is 3.43. The fourth-order valence-electron chi connectivity index (χ4n) is 6.02. The van der Waals surface area contributed by atoms with Crippen LogP contribution >= 0.6 is 0 Å². The largest absolute Gasteiger partial charge is 0.456 e. The van der Waals surface area contributed by atoms with E-state index >= 15 is 0 Å². The van der Waals surface area contributed by atoms with Crippen molar-refractivity contribution in [2.45, 2.75) is 0 Å². The number of rotatable bonds is 5. The molecule has 2 nitrogen and oxygen atoms in total. The summed E-state index contributed by atoms with van der Waals surface area (Å²) in [6, 6.07) is 58.0. The monoisotopic (exact) mass is 537 g/mol. The maximum absolute atomic E-state index is 6.31. The average molecular weight is 538 g/mol. The topological polar surface area (TPSA) is 16.4 Å². The quantitative estimate of drug-likeness (QED) is 0.217. The molecular formula is C40H27NO. The van der Waals surface area contributed by atoms with Gasteiger partial charge in [-0.2, -0.15) is 0 Å². The summed E-state index contributed by atoms with van der Waals surface area (Å²) in [6.07, 6.45) is 0. The Kier molecular flexibility index (Phi) is 5.82. The summed E-state index contributed by atoms with van der Waals surface area (Å²) in [4.78, 5) is 2.32. The zero-order valence-corrected chi connectivity index (χ0v) is 22.9. The van der Waals surface area contributed by atoms with Crippen molar-refractivity contribution in [1.82, 2.24) is 0 Å². The first-order valence-electron chi connectivity index (χ1n) is 14.3. The number of hydrogen-bond acceptors (Lipinski definition) is 2. The van der Waals surface area contributed by atoms with Crippen LogP contribution in [-0.4, -0.2) is 0 Å². The highest BCUT2D eigenvalue weighted by Crippen LogP contribution is 2.40. The van der Waals surface area contributed by atoms with Gasteiger partial charge in [-0.25, -0.2) is 0 Å². The van der Waals surface area contributed by atoms with Gasteiger partial charge in [0.05, 0.1) is 0 Å². The second-order valence-corrected chi connectivity index (χ2v) is 10.6.